The summed E-state index contributed by atoms with van der Waals surface area (Å²) in [6.45, 7) is 2.56. The van der Waals surface area contributed by atoms with Crippen LogP contribution >= 0.6 is 0 Å². The van der Waals surface area contributed by atoms with Crippen LogP contribution < -0.4 is 10.2 Å². The van der Waals surface area contributed by atoms with Crippen LogP contribution in [0.25, 0.3) is 11.3 Å². The zero-order valence-corrected chi connectivity index (χ0v) is 13.8. The molecule has 0 unspecified atom stereocenters. The minimum Gasteiger partial charge on any atom is -0.494 e. The number of hydrogen-bond acceptors (Lipinski definition) is 4. The molecule has 2 N–H and O–H groups in total. The molecule has 2 aromatic carbocycles. The second kappa shape index (κ2) is 7.92. The second-order valence-corrected chi connectivity index (χ2v) is 5.23. The molecular weight excluding hydrogens is 316 g/mol. The number of hydrogen-bond donors (Lipinski definition) is 2. The van der Waals surface area contributed by atoms with E-state index in [-0.39, 0.29) is 5.91 Å². The van der Waals surface area contributed by atoms with E-state index in [4.69, 9.17) is 4.74 Å². The van der Waals surface area contributed by atoms with Gasteiger partial charge in [-0.25, -0.2) is 5.43 Å². The highest BCUT2D eigenvalue weighted by Gasteiger charge is 2.09. The number of nitrogens with one attached hydrogen (secondary N) is 2. The quantitative estimate of drug-likeness (QED) is 0.536. The first kappa shape index (κ1) is 16.4. The Morgan fingerprint density at radius 1 is 1.20 bits per heavy atom. The summed E-state index contributed by atoms with van der Waals surface area (Å²) >= 11 is 0. The Hall–Kier alpha value is -3.41. The Morgan fingerprint density at radius 3 is 2.68 bits per heavy atom. The maximum absolute atomic E-state index is 12.1. The molecule has 6 heteroatoms. The summed E-state index contributed by atoms with van der Waals surface area (Å²) in [7, 11) is 0. The number of H-pyrrole nitrogens is 1. The first-order valence-electron chi connectivity index (χ1n) is 7.93. The molecule has 0 saturated heterocycles. The van der Waals surface area contributed by atoms with Gasteiger partial charge in [0.1, 0.15) is 11.4 Å². The normalized spacial score (nSPS) is 10.8. The lowest BCUT2D eigenvalue weighted by Crippen LogP contribution is -2.17. The number of aromatic amines is 1. The standard InChI is InChI=1S/C19H18N4O2/c1-2-25-16-10-8-14(9-11-16)13-20-23-19(24)18-12-17(21-22-18)15-6-4-3-5-7-15/h3-13H,2H2,1H3,(H,21,22)(H,23,24). The van der Waals surface area contributed by atoms with Gasteiger partial charge < -0.3 is 4.74 Å². The molecule has 3 aromatic rings. The Bertz CT molecular complexity index is 855. The first-order valence-corrected chi connectivity index (χ1v) is 7.93. The van der Waals surface area contributed by atoms with E-state index >= 15 is 0 Å². The Labute approximate surface area is 145 Å². The molecule has 0 spiro atoms. The van der Waals surface area contributed by atoms with E-state index in [1.807, 2.05) is 61.5 Å². The average molecular weight is 334 g/mol. The third-order valence-electron chi connectivity index (χ3n) is 3.46. The van der Waals surface area contributed by atoms with Gasteiger partial charge in [-0.3, -0.25) is 9.89 Å². The maximum Gasteiger partial charge on any atom is 0.289 e. The van der Waals surface area contributed by atoms with E-state index in [1.54, 1.807) is 12.3 Å². The summed E-state index contributed by atoms with van der Waals surface area (Å²) in [5.74, 6) is 0.450. The highest BCUT2D eigenvalue weighted by Crippen LogP contribution is 2.16. The second-order valence-electron chi connectivity index (χ2n) is 5.23. The fraction of sp³-hybridized carbons (Fsp3) is 0.105. The van der Waals surface area contributed by atoms with Gasteiger partial charge in [0.2, 0.25) is 0 Å². The lowest BCUT2D eigenvalue weighted by molar-refractivity contribution is 0.0950. The van der Waals surface area contributed by atoms with Crippen molar-refractivity contribution in [1.29, 1.82) is 0 Å². The van der Waals surface area contributed by atoms with Crippen LogP contribution in [-0.4, -0.2) is 28.9 Å². The third-order valence-corrected chi connectivity index (χ3v) is 3.46. The number of hydrazone groups is 1. The zero-order chi connectivity index (χ0) is 17.5. The van der Waals surface area contributed by atoms with E-state index in [1.165, 1.54) is 0 Å². The van der Waals surface area contributed by atoms with Gasteiger partial charge in [0, 0.05) is 5.56 Å². The van der Waals surface area contributed by atoms with E-state index in [9.17, 15) is 4.79 Å². The lowest BCUT2D eigenvalue weighted by Gasteiger charge is -2.02. The number of amides is 1. The minimum absolute atomic E-state index is 0.350. The van der Waals surface area contributed by atoms with Crippen LogP contribution in [0.4, 0.5) is 0 Å². The van der Waals surface area contributed by atoms with Gasteiger partial charge in [-0.05, 0) is 42.8 Å². The van der Waals surface area contributed by atoms with Crippen LogP contribution in [0.5, 0.6) is 5.75 Å². The van der Waals surface area contributed by atoms with Gasteiger partial charge in [0.05, 0.1) is 18.5 Å². The van der Waals surface area contributed by atoms with Crippen LogP contribution in [0.15, 0.2) is 65.8 Å². The van der Waals surface area contributed by atoms with Crippen molar-refractivity contribution in [3.8, 4) is 17.0 Å². The summed E-state index contributed by atoms with van der Waals surface area (Å²) in [4.78, 5) is 12.1. The van der Waals surface area contributed by atoms with Gasteiger partial charge >= 0.3 is 0 Å². The van der Waals surface area contributed by atoms with Crippen LogP contribution in [0.1, 0.15) is 23.0 Å². The van der Waals surface area contributed by atoms with Gasteiger partial charge in [-0.1, -0.05) is 30.3 Å². The molecule has 3 rings (SSSR count). The van der Waals surface area contributed by atoms with Crippen molar-refractivity contribution in [2.24, 2.45) is 5.10 Å². The molecule has 6 nitrogen and oxygen atoms in total. The van der Waals surface area contributed by atoms with Crippen molar-refractivity contribution in [2.45, 2.75) is 6.92 Å². The molecule has 0 fully saturated rings. The smallest absolute Gasteiger partial charge is 0.289 e. The zero-order valence-electron chi connectivity index (χ0n) is 13.8. The largest absolute Gasteiger partial charge is 0.494 e. The molecule has 0 aliphatic carbocycles. The summed E-state index contributed by atoms with van der Waals surface area (Å²) in [6, 6.07) is 18.8. The van der Waals surface area contributed by atoms with Gasteiger partial charge in [0.15, 0.2) is 0 Å². The van der Waals surface area contributed by atoms with Crippen molar-refractivity contribution in [2.75, 3.05) is 6.61 Å². The van der Waals surface area contributed by atoms with E-state index < -0.39 is 0 Å². The molecule has 1 amide bonds. The molecule has 126 valence electrons. The molecule has 0 aliphatic rings. The fourth-order valence-electron chi connectivity index (χ4n) is 2.24. The van der Waals surface area contributed by atoms with Crippen LogP contribution in [0, 0.1) is 0 Å². The number of carbonyl (C=O) groups excluding carboxylic acids is 1. The van der Waals surface area contributed by atoms with Gasteiger partial charge in [-0.2, -0.15) is 10.2 Å². The minimum atomic E-state index is -0.350. The predicted octanol–water partition coefficient (Wildman–Crippen LogP) is 3.24. The Morgan fingerprint density at radius 2 is 1.96 bits per heavy atom. The number of ether oxygens (including phenoxy) is 1. The van der Waals surface area contributed by atoms with Gasteiger partial charge in [0.25, 0.3) is 5.91 Å². The average Bonchev–Trinajstić information content (AvgIpc) is 3.14. The SMILES string of the molecule is CCOc1ccc(C=NNC(=O)c2cc(-c3ccccc3)n[nH]2)cc1. The Kier molecular flexibility index (Phi) is 5.21. The monoisotopic (exact) mass is 334 g/mol. The molecule has 0 radical (unpaired) electrons. The van der Waals surface area contributed by atoms with Crippen molar-refractivity contribution in [3.63, 3.8) is 0 Å². The molecule has 1 heterocycles. The predicted molar refractivity (Wildman–Crippen MR) is 96.7 cm³/mol. The summed E-state index contributed by atoms with van der Waals surface area (Å²) in [5.41, 5.74) is 5.34. The van der Waals surface area contributed by atoms with Crippen LogP contribution in [0.3, 0.4) is 0 Å². The van der Waals surface area contributed by atoms with Crippen molar-refractivity contribution in [1.82, 2.24) is 15.6 Å². The highest BCUT2D eigenvalue weighted by molar-refractivity contribution is 5.94. The van der Waals surface area contributed by atoms with Crippen molar-refractivity contribution >= 4 is 12.1 Å². The van der Waals surface area contributed by atoms with E-state index in [0.717, 1.165) is 16.9 Å². The maximum atomic E-state index is 12.1. The number of nitrogens with zero attached hydrogens (tertiary/aromatic N) is 2. The molecular formula is C19H18N4O2. The molecule has 1 aromatic heterocycles. The fourth-order valence-corrected chi connectivity index (χ4v) is 2.24. The molecule has 0 bridgehead atoms. The lowest BCUT2D eigenvalue weighted by atomic mass is 10.1. The molecule has 0 aliphatic heterocycles. The van der Waals surface area contributed by atoms with Crippen LogP contribution in [-0.2, 0) is 0 Å². The Balaban J connectivity index is 1.60. The number of aromatic nitrogens is 2. The number of benzene rings is 2. The topological polar surface area (TPSA) is 79.4 Å². The molecule has 0 atom stereocenters. The molecule has 25 heavy (non-hydrogen) atoms. The number of rotatable bonds is 6. The summed E-state index contributed by atoms with van der Waals surface area (Å²) < 4.78 is 5.37. The number of carbonyl (C=O) groups is 1. The molecule has 0 saturated carbocycles. The van der Waals surface area contributed by atoms with Crippen molar-refractivity contribution < 1.29 is 9.53 Å². The first-order chi connectivity index (χ1) is 12.3. The van der Waals surface area contributed by atoms with Crippen molar-refractivity contribution in [3.05, 3.63) is 71.9 Å². The van der Waals surface area contributed by atoms with E-state index in [2.05, 4.69) is 20.7 Å². The third kappa shape index (κ3) is 4.32. The highest BCUT2D eigenvalue weighted by atomic mass is 16.5. The van der Waals surface area contributed by atoms with E-state index in [0.29, 0.717) is 18.0 Å². The van der Waals surface area contributed by atoms with Crippen LogP contribution in [0.2, 0.25) is 0 Å². The summed E-state index contributed by atoms with van der Waals surface area (Å²) in [5, 5.41) is 10.8. The van der Waals surface area contributed by atoms with Gasteiger partial charge in [-0.15, -0.1) is 0 Å². The summed E-state index contributed by atoms with van der Waals surface area (Å²) in [6.07, 6.45) is 1.57.